The molecule has 0 spiro atoms. The van der Waals surface area contributed by atoms with Crippen molar-refractivity contribution in [3.63, 3.8) is 0 Å². The topological polar surface area (TPSA) is 26.3 Å². The zero-order chi connectivity index (χ0) is 11.5. The Hall–Kier alpha value is -0.420. The fourth-order valence-electron chi connectivity index (χ4n) is 1.00. The molecule has 0 bridgehead atoms. The molecule has 0 aliphatic rings. The number of hydrogen-bond donors (Lipinski definition) is 0. The van der Waals surface area contributed by atoms with Crippen LogP contribution in [0.3, 0.4) is 0 Å². The van der Waals surface area contributed by atoms with Gasteiger partial charge in [0.1, 0.15) is 6.61 Å². The second kappa shape index (κ2) is 5.07. The number of carbonyl (C=O) groups is 1. The van der Waals surface area contributed by atoms with Gasteiger partial charge >= 0.3 is 0 Å². The third-order valence-corrected chi connectivity index (χ3v) is 2.52. The predicted octanol–water partition coefficient (Wildman–Crippen LogP) is 3.29. The molecule has 0 unspecified atom stereocenters. The van der Waals surface area contributed by atoms with Gasteiger partial charge in [-0.2, -0.15) is 0 Å². The summed E-state index contributed by atoms with van der Waals surface area (Å²) in [5.41, 5.74) is 0.443. The number of ether oxygens (including phenoxy) is 1. The van der Waals surface area contributed by atoms with Gasteiger partial charge < -0.3 is 4.74 Å². The molecule has 2 nitrogen and oxygen atoms in total. The van der Waals surface area contributed by atoms with Crippen LogP contribution in [0.25, 0.3) is 0 Å². The van der Waals surface area contributed by atoms with Gasteiger partial charge in [-0.3, -0.25) is 4.79 Å². The third kappa shape index (κ3) is 4.75. The van der Waals surface area contributed by atoms with E-state index in [0.717, 1.165) is 3.57 Å². The van der Waals surface area contributed by atoms with Gasteiger partial charge in [-0.25, -0.2) is 0 Å². The Morgan fingerprint density at radius 2 is 1.80 bits per heavy atom. The molecule has 0 aliphatic heterocycles. The molecule has 0 N–H and O–H groups in total. The highest BCUT2D eigenvalue weighted by atomic mass is 127. The van der Waals surface area contributed by atoms with Crippen molar-refractivity contribution in [3.8, 4) is 0 Å². The van der Waals surface area contributed by atoms with E-state index in [0.29, 0.717) is 5.56 Å². The summed E-state index contributed by atoms with van der Waals surface area (Å²) in [6, 6.07) is 7.50. The van der Waals surface area contributed by atoms with E-state index in [2.05, 4.69) is 22.6 Å². The second-order valence-corrected chi connectivity index (χ2v) is 5.58. The molecule has 0 heterocycles. The molecule has 0 aromatic heterocycles. The molecule has 1 rings (SSSR count). The lowest BCUT2D eigenvalue weighted by atomic mass is 10.1. The highest BCUT2D eigenvalue weighted by molar-refractivity contribution is 14.1. The summed E-state index contributed by atoms with van der Waals surface area (Å²) in [7, 11) is 0. The summed E-state index contributed by atoms with van der Waals surface area (Å²) in [6.45, 7) is 5.96. The highest BCUT2D eigenvalue weighted by Crippen LogP contribution is 2.10. The maximum atomic E-state index is 11.7. The summed E-state index contributed by atoms with van der Waals surface area (Å²) >= 11 is 2.21. The normalized spacial score (nSPS) is 11.5. The summed E-state index contributed by atoms with van der Waals surface area (Å²) in [5.74, 6) is 0.0290. The molecule has 15 heavy (non-hydrogen) atoms. The van der Waals surface area contributed by atoms with Gasteiger partial charge in [0.15, 0.2) is 5.78 Å². The molecule has 3 heteroatoms. The van der Waals surface area contributed by atoms with Crippen molar-refractivity contribution in [1.29, 1.82) is 0 Å². The van der Waals surface area contributed by atoms with E-state index in [1.165, 1.54) is 0 Å². The quantitative estimate of drug-likeness (QED) is 0.631. The fraction of sp³-hybridized carbons (Fsp3) is 0.417. The highest BCUT2D eigenvalue weighted by Gasteiger charge is 2.13. The van der Waals surface area contributed by atoms with Gasteiger partial charge in [-0.05, 0) is 55.5 Å². The average Bonchev–Trinajstić information content (AvgIpc) is 2.14. The van der Waals surface area contributed by atoms with Crippen molar-refractivity contribution < 1.29 is 9.53 Å². The van der Waals surface area contributed by atoms with E-state index in [1.54, 1.807) is 0 Å². The molecule has 82 valence electrons. The third-order valence-electron chi connectivity index (χ3n) is 1.80. The SMILES string of the molecule is CC(C)(C)OCC(=O)c1ccc(I)cc1. The maximum Gasteiger partial charge on any atom is 0.188 e. The lowest BCUT2D eigenvalue weighted by Gasteiger charge is -2.18. The summed E-state index contributed by atoms with van der Waals surface area (Å²) < 4.78 is 6.55. The van der Waals surface area contributed by atoms with Gasteiger partial charge in [0.05, 0.1) is 5.60 Å². The van der Waals surface area contributed by atoms with Gasteiger partial charge in [-0.1, -0.05) is 12.1 Å². The molecule has 0 saturated heterocycles. The van der Waals surface area contributed by atoms with Crippen LogP contribution in [0.15, 0.2) is 24.3 Å². The smallest absolute Gasteiger partial charge is 0.188 e. The average molecular weight is 318 g/mol. The lowest BCUT2D eigenvalue weighted by Crippen LogP contribution is -2.23. The predicted molar refractivity (Wildman–Crippen MR) is 69.2 cm³/mol. The summed E-state index contributed by atoms with van der Waals surface area (Å²) in [4.78, 5) is 11.7. The lowest BCUT2D eigenvalue weighted by molar-refractivity contribution is 0.00306. The fourth-order valence-corrected chi connectivity index (χ4v) is 1.36. The minimum atomic E-state index is -0.265. The van der Waals surface area contributed by atoms with Crippen LogP contribution in [0.2, 0.25) is 0 Å². The van der Waals surface area contributed by atoms with Crippen LogP contribution in [-0.4, -0.2) is 18.0 Å². The van der Waals surface area contributed by atoms with Gasteiger partial charge in [-0.15, -0.1) is 0 Å². The second-order valence-electron chi connectivity index (χ2n) is 4.33. The van der Waals surface area contributed by atoms with Gasteiger partial charge in [0, 0.05) is 9.13 Å². The number of carbonyl (C=O) groups excluding carboxylic acids is 1. The standard InChI is InChI=1S/C12H15IO2/c1-12(2,3)15-8-11(14)9-4-6-10(13)7-5-9/h4-7H,8H2,1-3H3. The molecule has 0 saturated carbocycles. The van der Waals surface area contributed by atoms with Crippen LogP contribution in [0.5, 0.6) is 0 Å². The molecular formula is C12H15IO2. The van der Waals surface area contributed by atoms with E-state index in [1.807, 2.05) is 45.0 Å². The van der Waals surface area contributed by atoms with E-state index < -0.39 is 0 Å². The van der Waals surface area contributed by atoms with Gasteiger partial charge in [0.2, 0.25) is 0 Å². The number of Topliss-reactive ketones (excluding diaryl/α,β-unsaturated/α-hetero) is 1. The molecule has 0 radical (unpaired) electrons. The minimum Gasteiger partial charge on any atom is -0.368 e. The largest absolute Gasteiger partial charge is 0.368 e. The van der Waals surface area contributed by atoms with Crippen LogP contribution >= 0.6 is 22.6 Å². The van der Waals surface area contributed by atoms with Crippen molar-refractivity contribution in [2.45, 2.75) is 26.4 Å². The van der Waals surface area contributed by atoms with Crippen LogP contribution in [0, 0.1) is 3.57 Å². The first-order chi connectivity index (χ1) is 6.88. The van der Waals surface area contributed by atoms with Crippen molar-refractivity contribution in [2.24, 2.45) is 0 Å². The number of ketones is 1. The number of halogens is 1. The number of rotatable bonds is 3. The minimum absolute atomic E-state index is 0.0290. The number of hydrogen-bond acceptors (Lipinski definition) is 2. The van der Waals surface area contributed by atoms with Crippen molar-refractivity contribution >= 4 is 28.4 Å². The Morgan fingerprint density at radius 3 is 2.27 bits per heavy atom. The zero-order valence-corrected chi connectivity index (χ0v) is 11.4. The monoisotopic (exact) mass is 318 g/mol. The first-order valence-electron chi connectivity index (χ1n) is 4.81. The first-order valence-corrected chi connectivity index (χ1v) is 5.89. The van der Waals surface area contributed by atoms with E-state index in [9.17, 15) is 4.79 Å². The Kier molecular flexibility index (Phi) is 4.28. The molecule has 0 aliphatic carbocycles. The Morgan fingerprint density at radius 1 is 1.27 bits per heavy atom. The Balaban J connectivity index is 2.58. The van der Waals surface area contributed by atoms with Crippen molar-refractivity contribution in [2.75, 3.05) is 6.61 Å². The summed E-state index contributed by atoms with van der Waals surface area (Å²) in [5, 5.41) is 0. The summed E-state index contributed by atoms with van der Waals surface area (Å²) in [6.07, 6.45) is 0. The molecule has 1 aromatic rings. The molecular weight excluding hydrogens is 303 g/mol. The maximum absolute atomic E-state index is 11.7. The first kappa shape index (κ1) is 12.6. The van der Waals surface area contributed by atoms with Crippen molar-refractivity contribution in [1.82, 2.24) is 0 Å². The Labute approximate surface area is 104 Å². The van der Waals surface area contributed by atoms with Gasteiger partial charge in [0.25, 0.3) is 0 Å². The zero-order valence-electron chi connectivity index (χ0n) is 9.21. The molecule has 0 fully saturated rings. The molecule has 0 atom stereocenters. The van der Waals surface area contributed by atoms with Crippen LogP contribution in [0.4, 0.5) is 0 Å². The van der Waals surface area contributed by atoms with Crippen LogP contribution in [0.1, 0.15) is 31.1 Å². The van der Waals surface area contributed by atoms with E-state index in [-0.39, 0.29) is 18.0 Å². The molecule has 1 aromatic carbocycles. The van der Waals surface area contributed by atoms with Crippen LogP contribution in [-0.2, 0) is 4.74 Å². The molecule has 0 amide bonds. The van der Waals surface area contributed by atoms with Crippen molar-refractivity contribution in [3.05, 3.63) is 33.4 Å². The van der Waals surface area contributed by atoms with Crippen LogP contribution < -0.4 is 0 Å². The number of benzene rings is 1. The van der Waals surface area contributed by atoms with E-state index >= 15 is 0 Å². The van der Waals surface area contributed by atoms with E-state index in [4.69, 9.17) is 4.74 Å². The Bertz CT molecular complexity index is 336.